The normalized spacial score (nSPS) is 26.6. The number of benzene rings is 2. The molecule has 0 amide bonds. The molecule has 3 heterocycles. The van der Waals surface area contributed by atoms with Crippen LogP contribution < -0.4 is 0 Å². The Bertz CT molecular complexity index is 1010. The second-order valence-corrected chi connectivity index (χ2v) is 7.26. The molecule has 2 aliphatic heterocycles. The van der Waals surface area contributed by atoms with E-state index >= 15 is 0 Å². The summed E-state index contributed by atoms with van der Waals surface area (Å²) in [6, 6.07) is 18.4. The van der Waals surface area contributed by atoms with Crippen LogP contribution in [-0.4, -0.2) is 29.3 Å². The van der Waals surface area contributed by atoms with Crippen molar-refractivity contribution >= 4 is 16.9 Å². The van der Waals surface area contributed by atoms with Crippen molar-refractivity contribution in [1.29, 1.82) is 0 Å². The molecule has 2 bridgehead atoms. The van der Waals surface area contributed by atoms with Crippen LogP contribution in [0.25, 0.3) is 10.9 Å². The molecule has 0 saturated carbocycles. The molecular weight excluding hydrogens is 340 g/mol. The van der Waals surface area contributed by atoms with E-state index in [1.165, 1.54) is 23.6 Å². The third kappa shape index (κ3) is 2.35. The van der Waals surface area contributed by atoms with Gasteiger partial charge in [-0.1, -0.05) is 48.5 Å². The summed E-state index contributed by atoms with van der Waals surface area (Å²) in [6.07, 6.45) is 0.544. The maximum absolute atomic E-state index is 12.9. The van der Waals surface area contributed by atoms with Gasteiger partial charge in [0, 0.05) is 24.5 Å². The maximum Gasteiger partial charge on any atom is 0.313 e. The van der Waals surface area contributed by atoms with E-state index in [4.69, 9.17) is 9.57 Å². The lowest BCUT2D eigenvalue weighted by atomic mass is 9.85. The van der Waals surface area contributed by atoms with Crippen molar-refractivity contribution in [2.75, 3.05) is 13.7 Å². The summed E-state index contributed by atoms with van der Waals surface area (Å²) in [4.78, 5) is 19.2. The van der Waals surface area contributed by atoms with Crippen molar-refractivity contribution < 1.29 is 14.4 Å². The number of esters is 1. The summed E-state index contributed by atoms with van der Waals surface area (Å²) in [5.74, 6) is -0.631. The standard InChI is InChI=1S/C22H22N2O3/c1-23-17-11-7-6-10-15(17)16-12-13-24-19(14-8-4-3-5-9-14)18(22(25)26-2)21(27-24)20(16)23/h3-11,18-19,21H,12-13H2,1-2H3/t18-,19+,21+/m0/s1. The van der Waals surface area contributed by atoms with Crippen LogP contribution in [0.3, 0.4) is 0 Å². The van der Waals surface area contributed by atoms with Crippen LogP contribution in [0.15, 0.2) is 54.6 Å². The van der Waals surface area contributed by atoms with Crippen molar-refractivity contribution in [2.45, 2.75) is 18.6 Å². The quantitative estimate of drug-likeness (QED) is 0.654. The maximum atomic E-state index is 12.9. The highest BCUT2D eigenvalue weighted by Crippen LogP contribution is 2.51. The van der Waals surface area contributed by atoms with Gasteiger partial charge in [0.2, 0.25) is 0 Å². The van der Waals surface area contributed by atoms with E-state index in [2.05, 4.69) is 41.9 Å². The predicted molar refractivity (Wildman–Crippen MR) is 102 cm³/mol. The molecule has 2 aliphatic rings. The number of hydroxylamine groups is 2. The Hall–Kier alpha value is -2.63. The van der Waals surface area contributed by atoms with Crippen molar-refractivity contribution in [2.24, 2.45) is 13.0 Å². The Kier molecular flexibility index (Phi) is 3.81. The van der Waals surface area contributed by atoms with Gasteiger partial charge in [0.1, 0.15) is 12.0 Å². The lowest BCUT2D eigenvalue weighted by Crippen LogP contribution is -2.32. The molecule has 0 aliphatic carbocycles. The second kappa shape index (κ2) is 6.22. The minimum absolute atomic E-state index is 0.144. The number of hydrogen-bond acceptors (Lipinski definition) is 4. The van der Waals surface area contributed by atoms with Gasteiger partial charge in [-0.15, -0.1) is 0 Å². The van der Waals surface area contributed by atoms with Crippen LogP contribution in [-0.2, 0) is 27.8 Å². The molecule has 1 fully saturated rings. The predicted octanol–water partition coefficient (Wildman–Crippen LogP) is 3.55. The van der Waals surface area contributed by atoms with Gasteiger partial charge in [-0.05, 0) is 23.6 Å². The van der Waals surface area contributed by atoms with E-state index in [1.807, 2.05) is 29.3 Å². The fraction of sp³-hybridized carbons (Fsp3) is 0.318. The molecule has 27 heavy (non-hydrogen) atoms. The summed E-state index contributed by atoms with van der Waals surface area (Å²) in [5, 5.41) is 3.23. The Morgan fingerprint density at radius 2 is 1.85 bits per heavy atom. The number of methoxy groups -OCH3 is 1. The van der Waals surface area contributed by atoms with E-state index in [9.17, 15) is 4.79 Å². The molecule has 5 nitrogen and oxygen atoms in total. The van der Waals surface area contributed by atoms with Gasteiger partial charge in [-0.2, -0.15) is 5.06 Å². The first-order valence-corrected chi connectivity index (χ1v) is 9.33. The number of carbonyl (C=O) groups excluding carboxylic acids is 1. The minimum Gasteiger partial charge on any atom is -0.469 e. The third-order valence-corrected chi connectivity index (χ3v) is 5.95. The van der Waals surface area contributed by atoms with Crippen molar-refractivity contribution in [1.82, 2.24) is 9.63 Å². The molecule has 5 rings (SSSR count). The zero-order chi connectivity index (χ0) is 18.5. The summed E-state index contributed by atoms with van der Waals surface area (Å²) in [7, 11) is 3.52. The number of hydrogen-bond donors (Lipinski definition) is 0. The number of carbonyl (C=O) groups is 1. The monoisotopic (exact) mass is 362 g/mol. The van der Waals surface area contributed by atoms with Crippen molar-refractivity contribution in [3.63, 3.8) is 0 Å². The molecule has 138 valence electrons. The summed E-state index contributed by atoms with van der Waals surface area (Å²) in [5.41, 5.74) is 4.62. The first-order chi connectivity index (χ1) is 13.2. The van der Waals surface area contributed by atoms with Gasteiger partial charge in [0.25, 0.3) is 0 Å². The molecule has 2 aromatic carbocycles. The highest BCUT2D eigenvalue weighted by atomic mass is 16.7. The van der Waals surface area contributed by atoms with E-state index in [0.717, 1.165) is 24.2 Å². The molecule has 4 atom stereocenters. The lowest BCUT2D eigenvalue weighted by Gasteiger charge is -2.26. The fourth-order valence-electron chi connectivity index (χ4n) is 4.78. The number of ether oxygens (including phenoxy) is 1. The van der Waals surface area contributed by atoms with Crippen molar-refractivity contribution in [3.8, 4) is 0 Å². The van der Waals surface area contributed by atoms with Gasteiger partial charge in [-0.25, -0.2) is 0 Å². The Labute approximate surface area is 158 Å². The highest BCUT2D eigenvalue weighted by molar-refractivity contribution is 5.86. The SMILES string of the molecule is COC(=O)[C@H]1[C@@H](c2ccccc2)N2CCc3c(n(C)c4ccccc34)[C@@H]1O2. The topological polar surface area (TPSA) is 43.7 Å². The number of para-hydroxylation sites is 1. The van der Waals surface area contributed by atoms with Crippen LogP contribution in [0.1, 0.15) is 29.0 Å². The molecule has 0 radical (unpaired) electrons. The molecule has 1 unspecified atom stereocenters. The first-order valence-electron chi connectivity index (χ1n) is 9.33. The first kappa shape index (κ1) is 16.5. The molecule has 0 N–H and O–H groups in total. The number of aryl methyl sites for hydroxylation is 1. The van der Waals surface area contributed by atoms with E-state index < -0.39 is 5.92 Å². The minimum atomic E-state index is -0.403. The van der Waals surface area contributed by atoms with Gasteiger partial charge in [0.05, 0.1) is 18.8 Å². The summed E-state index contributed by atoms with van der Waals surface area (Å²) >= 11 is 0. The van der Waals surface area contributed by atoms with Gasteiger partial charge >= 0.3 is 5.97 Å². The average molecular weight is 362 g/mol. The lowest BCUT2D eigenvalue weighted by molar-refractivity contribution is -0.163. The van der Waals surface area contributed by atoms with Crippen LogP contribution >= 0.6 is 0 Å². The third-order valence-electron chi connectivity index (χ3n) is 5.95. The Morgan fingerprint density at radius 1 is 1.11 bits per heavy atom. The Morgan fingerprint density at radius 3 is 2.63 bits per heavy atom. The van der Waals surface area contributed by atoms with E-state index in [0.29, 0.717) is 0 Å². The van der Waals surface area contributed by atoms with Crippen molar-refractivity contribution in [3.05, 3.63) is 71.4 Å². The second-order valence-electron chi connectivity index (χ2n) is 7.26. The Balaban J connectivity index is 1.70. The number of nitrogens with zero attached hydrogens (tertiary/aromatic N) is 2. The number of fused-ring (bicyclic) bond motifs is 6. The zero-order valence-electron chi connectivity index (χ0n) is 15.5. The number of rotatable bonds is 2. The van der Waals surface area contributed by atoms with E-state index in [1.54, 1.807) is 0 Å². The van der Waals surface area contributed by atoms with Gasteiger partial charge < -0.3 is 9.30 Å². The molecular formula is C22H22N2O3. The largest absolute Gasteiger partial charge is 0.469 e. The van der Waals surface area contributed by atoms with Crippen LogP contribution in [0, 0.1) is 5.92 Å². The average Bonchev–Trinajstić information content (AvgIpc) is 3.13. The van der Waals surface area contributed by atoms with Gasteiger partial charge in [0.15, 0.2) is 0 Å². The van der Waals surface area contributed by atoms with Crippen LogP contribution in [0.5, 0.6) is 0 Å². The molecule has 1 aromatic heterocycles. The van der Waals surface area contributed by atoms with Crippen LogP contribution in [0.4, 0.5) is 0 Å². The zero-order valence-corrected chi connectivity index (χ0v) is 15.5. The fourth-order valence-corrected chi connectivity index (χ4v) is 4.78. The molecule has 3 aromatic rings. The van der Waals surface area contributed by atoms with E-state index in [-0.39, 0.29) is 18.1 Å². The highest BCUT2D eigenvalue weighted by Gasteiger charge is 2.52. The molecule has 5 heteroatoms. The summed E-state index contributed by atoms with van der Waals surface area (Å²) in [6.45, 7) is 0.741. The number of aromatic nitrogens is 1. The molecule has 0 spiro atoms. The smallest absolute Gasteiger partial charge is 0.313 e. The summed E-state index contributed by atoms with van der Waals surface area (Å²) < 4.78 is 7.39. The van der Waals surface area contributed by atoms with Crippen LogP contribution in [0.2, 0.25) is 0 Å². The van der Waals surface area contributed by atoms with Gasteiger partial charge in [-0.3, -0.25) is 9.63 Å². The molecule has 1 saturated heterocycles.